The van der Waals surface area contributed by atoms with E-state index in [9.17, 15) is 9.59 Å². The molecule has 0 aliphatic rings. The predicted molar refractivity (Wildman–Crippen MR) is 69.7 cm³/mol. The second-order valence-electron chi connectivity index (χ2n) is 4.41. The van der Waals surface area contributed by atoms with Gasteiger partial charge in [-0.3, -0.25) is 14.2 Å². The summed E-state index contributed by atoms with van der Waals surface area (Å²) in [4.78, 5) is 26.4. The molecule has 19 heavy (non-hydrogen) atoms. The Labute approximate surface area is 111 Å². The summed E-state index contributed by atoms with van der Waals surface area (Å²) in [7, 11) is 0. The third-order valence-electron chi connectivity index (χ3n) is 2.77. The molecule has 5 N–H and O–H groups in total. The van der Waals surface area contributed by atoms with E-state index in [-0.39, 0.29) is 12.3 Å². The van der Waals surface area contributed by atoms with Crippen LogP contribution in [0.3, 0.4) is 0 Å². The first-order valence-electron chi connectivity index (χ1n) is 6.29. The topological polar surface area (TPSA) is 124 Å². The van der Waals surface area contributed by atoms with Gasteiger partial charge >= 0.3 is 5.97 Å². The minimum atomic E-state index is -1.08. The normalized spacial score (nSPS) is 12.3. The van der Waals surface area contributed by atoms with Gasteiger partial charge < -0.3 is 16.6 Å². The number of carboxylic acid groups (broad SMARTS) is 1. The van der Waals surface area contributed by atoms with E-state index in [2.05, 4.69) is 4.98 Å². The first kappa shape index (κ1) is 15.3. The Hall–Kier alpha value is -1.73. The monoisotopic (exact) mass is 268 g/mol. The molecule has 7 heteroatoms. The highest BCUT2D eigenvalue weighted by Gasteiger charge is 2.14. The molecule has 1 heterocycles. The number of nitrogens with zero attached hydrogens (tertiary/aromatic N) is 2. The van der Waals surface area contributed by atoms with Crippen molar-refractivity contribution in [1.29, 1.82) is 0 Å². The SMILES string of the molecule is NCCCCCC(=O)n1cnc(CC(N)C(=O)O)c1. The molecule has 1 atom stereocenters. The number of rotatable bonds is 8. The van der Waals surface area contributed by atoms with Gasteiger partial charge in [-0.1, -0.05) is 6.42 Å². The van der Waals surface area contributed by atoms with Crippen molar-refractivity contribution >= 4 is 11.9 Å². The minimum absolute atomic E-state index is 0.0559. The summed E-state index contributed by atoms with van der Waals surface area (Å²) in [5, 5.41) is 8.69. The second-order valence-corrected chi connectivity index (χ2v) is 4.41. The van der Waals surface area contributed by atoms with E-state index < -0.39 is 12.0 Å². The lowest BCUT2D eigenvalue weighted by molar-refractivity contribution is -0.138. The Morgan fingerprint density at radius 2 is 2.11 bits per heavy atom. The van der Waals surface area contributed by atoms with Crippen LogP contribution in [0.2, 0.25) is 0 Å². The Bertz CT molecular complexity index is 430. The van der Waals surface area contributed by atoms with Crippen molar-refractivity contribution in [3.63, 3.8) is 0 Å². The van der Waals surface area contributed by atoms with Crippen LogP contribution in [0.4, 0.5) is 0 Å². The fraction of sp³-hybridized carbons (Fsp3) is 0.583. The van der Waals surface area contributed by atoms with Gasteiger partial charge in [0.2, 0.25) is 5.91 Å². The summed E-state index contributed by atoms with van der Waals surface area (Å²) >= 11 is 0. The third-order valence-corrected chi connectivity index (χ3v) is 2.77. The number of carbonyl (C=O) groups is 2. The van der Waals surface area contributed by atoms with Crippen molar-refractivity contribution in [3.05, 3.63) is 18.2 Å². The van der Waals surface area contributed by atoms with E-state index >= 15 is 0 Å². The van der Waals surface area contributed by atoms with Crippen molar-refractivity contribution < 1.29 is 14.7 Å². The molecule has 0 aliphatic heterocycles. The number of carbonyl (C=O) groups excluding carboxylic acids is 1. The van der Waals surface area contributed by atoms with Crippen LogP contribution in [-0.2, 0) is 11.2 Å². The first-order chi connectivity index (χ1) is 9.04. The molecule has 0 bridgehead atoms. The van der Waals surface area contributed by atoms with Crippen LogP contribution in [0.15, 0.2) is 12.5 Å². The molecule has 1 unspecified atom stereocenters. The summed E-state index contributed by atoms with van der Waals surface area (Å²) in [6.45, 7) is 0.635. The highest BCUT2D eigenvalue weighted by atomic mass is 16.4. The first-order valence-corrected chi connectivity index (χ1v) is 6.29. The maximum Gasteiger partial charge on any atom is 0.320 e. The number of aliphatic carboxylic acids is 1. The average molecular weight is 268 g/mol. The molecule has 0 amide bonds. The van der Waals surface area contributed by atoms with Crippen molar-refractivity contribution in [3.8, 4) is 0 Å². The average Bonchev–Trinajstić information content (AvgIpc) is 2.82. The van der Waals surface area contributed by atoms with Gasteiger partial charge in [0.1, 0.15) is 12.4 Å². The predicted octanol–water partition coefficient (Wildman–Crippen LogP) is -0.00320. The Balaban J connectivity index is 2.45. The molecular formula is C12H20N4O3. The van der Waals surface area contributed by atoms with E-state index in [1.165, 1.54) is 17.1 Å². The van der Waals surface area contributed by atoms with Crippen molar-refractivity contribution in [2.24, 2.45) is 11.5 Å². The van der Waals surface area contributed by atoms with Crippen LogP contribution in [0, 0.1) is 0 Å². The van der Waals surface area contributed by atoms with E-state index in [0.717, 1.165) is 19.3 Å². The van der Waals surface area contributed by atoms with Gasteiger partial charge in [0.05, 0.1) is 5.69 Å². The van der Waals surface area contributed by atoms with Crippen molar-refractivity contribution in [2.45, 2.75) is 38.1 Å². The molecule has 0 aliphatic carbocycles. The maximum atomic E-state index is 11.8. The second kappa shape index (κ2) is 7.65. The van der Waals surface area contributed by atoms with Crippen LogP contribution in [0.25, 0.3) is 0 Å². The molecule has 0 radical (unpaired) electrons. The Morgan fingerprint density at radius 1 is 1.37 bits per heavy atom. The summed E-state index contributed by atoms with van der Waals surface area (Å²) in [6, 6.07) is -0.997. The molecule has 7 nitrogen and oxygen atoms in total. The molecule has 0 saturated carbocycles. The quantitative estimate of drug-likeness (QED) is 0.570. The van der Waals surface area contributed by atoms with Gasteiger partial charge in [0.25, 0.3) is 0 Å². The van der Waals surface area contributed by atoms with Gasteiger partial charge in [-0.05, 0) is 19.4 Å². The molecule has 1 aromatic rings. The smallest absolute Gasteiger partial charge is 0.320 e. The molecule has 0 aromatic carbocycles. The van der Waals surface area contributed by atoms with E-state index in [1.54, 1.807) is 0 Å². The van der Waals surface area contributed by atoms with Gasteiger partial charge in [0.15, 0.2) is 0 Å². The highest BCUT2D eigenvalue weighted by Crippen LogP contribution is 2.05. The minimum Gasteiger partial charge on any atom is -0.480 e. The number of unbranched alkanes of at least 4 members (excludes halogenated alkanes) is 2. The lowest BCUT2D eigenvalue weighted by Crippen LogP contribution is -2.32. The summed E-state index contributed by atoms with van der Waals surface area (Å²) in [5.74, 6) is -1.14. The van der Waals surface area contributed by atoms with E-state index in [4.69, 9.17) is 16.6 Å². The Morgan fingerprint density at radius 3 is 2.74 bits per heavy atom. The zero-order valence-electron chi connectivity index (χ0n) is 10.8. The summed E-state index contributed by atoms with van der Waals surface area (Å²) < 4.78 is 1.38. The highest BCUT2D eigenvalue weighted by molar-refractivity contribution is 5.78. The largest absolute Gasteiger partial charge is 0.480 e. The fourth-order valence-electron chi connectivity index (χ4n) is 1.64. The number of carboxylic acids is 1. The zero-order chi connectivity index (χ0) is 14.3. The standard InChI is InChI=1S/C12H20N4O3/c13-5-3-1-2-4-11(17)16-7-9(15-8-16)6-10(14)12(18)19/h7-8,10H,1-6,13-14H2,(H,18,19). The van der Waals surface area contributed by atoms with Crippen molar-refractivity contribution in [2.75, 3.05) is 6.54 Å². The van der Waals surface area contributed by atoms with Gasteiger partial charge in [0, 0.05) is 19.0 Å². The molecule has 0 spiro atoms. The van der Waals surface area contributed by atoms with E-state index in [1.807, 2.05) is 0 Å². The van der Waals surface area contributed by atoms with Gasteiger partial charge in [-0.2, -0.15) is 0 Å². The number of imidazole rings is 1. The lowest BCUT2D eigenvalue weighted by atomic mass is 10.2. The van der Waals surface area contributed by atoms with Crippen LogP contribution in [-0.4, -0.2) is 39.1 Å². The number of hydrogen-bond donors (Lipinski definition) is 3. The third kappa shape index (κ3) is 5.19. The number of nitrogens with two attached hydrogens (primary N) is 2. The summed E-state index contributed by atoms with van der Waals surface area (Å²) in [6.07, 6.45) is 6.11. The van der Waals surface area contributed by atoms with Crippen LogP contribution in [0.5, 0.6) is 0 Å². The molecule has 106 valence electrons. The fourth-order valence-corrected chi connectivity index (χ4v) is 1.64. The Kier molecular flexibility index (Phi) is 6.17. The molecule has 0 fully saturated rings. The zero-order valence-corrected chi connectivity index (χ0v) is 10.8. The molecule has 1 rings (SSSR count). The number of aromatic nitrogens is 2. The van der Waals surface area contributed by atoms with Gasteiger partial charge in [-0.25, -0.2) is 4.98 Å². The van der Waals surface area contributed by atoms with Crippen LogP contribution < -0.4 is 11.5 Å². The van der Waals surface area contributed by atoms with Crippen LogP contribution in [0.1, 0.15) is 36.2 Å². The number of hydrogen-bond acceptors (Lipinski definition) is 5. The van der Waals surface area contributed by atoms with Crippen molar-refractivity contribution in [1.82, 2.24) is 9.55 Å². The summed E-state index contributed by atoms with van der Waals surface area (Å²) in [5.41, 5.74) is 11.3. The molecule has 0 saturated heterocycles. The van der Waals surface area contributed by atoms with E-state index in [0.29, 0.717) is 18.7 Å². The van der Waals surface area contributed by atoms with Gasteiger partial charge in [-0.15, -0.1) is 0 Å². The van der Waals surface area contributed by atoms with Crippen LogP contribution >= 0.6 is 0 Å². The molecular weight excluding hydrogens is 248 g/mol. The molecule has 1 aromatic heterocycles. The maximum absolute atomic E-state index is 11.8. The lowest BCUT2D eigenvalue weighted by Gasteiger charge is -2.02.